The number of halogens is 1. The number of amides is 1. The van der Waals surface area contributed by atoms with Gasteiger partial charge in [0.2, 0.25) is 5.91 Å². The van der Waals surface area contributed by atoms with Crippen molar-refractivity contribution in [2.45, 2.75) is 39.7 Å². The number of carbonyl (C=O) groups excluding carboxylic acids is 1. The van der Waals surface area contributed by atoms with Crippen molar-refractivity contribution in [3.8, 4) is 5.75 Å². The van der Waals surface area contributed by atoms with Gasteiger partial charge in [0.15, 0.2) is 0 Å². The molecule has 3 rings (SSSR count). The average Bonchev–Trinajstić information content (AvgIpc) is 2.80. The predicted octanol–water partition coefficient (Wildman–Crippen LogP) is 5.20. The van der Waals surface area contributed by atoms with Gasteiger partial charge in [-0.05, 0) is 43.2 Å². The van der Waals surface area contributed by atoms with Gasteiger partial charge in [-0.1, -0.05) is 26.0 Å². The molecule has 0 aliphatic heterocycles. The van der Waals surface area contributed by atoms with Crippen molar-refractivity contribution in [2.24, 2.45) is 5.41 Å². The number of carbonyl (C=O) groups is 2. The fourth-order valence-corrected chi connectivity index (χ4v) is 3.58. The lowest BCUT2D eigenvalue weighted by Crippen LogP contribution is -2.37. The van der Waals surface area contributed by atoms with Crippen molar-refractivity contribution in [2.75, 3.05) is 11.9 Å². The Bertz CT molecular complexity index is 1130. The summed E-state index contributed by atoms with van der Waals surface area (Å²) in [4.78, 5) is 30.4. The van der Waals surface area contributed by atoms with Crippen LogP contribution in [0.1, 0.15) is 38.8 Å². The molecular formula is C25H27FN2O4. The molecule has 32 heavy (non-hydrogen) atoms. The highest BCUT2D eigenvalue weighted by Crippen LogP contribution is 2.33. The van der Waals surface area contributed by atoms with Crippen molar-refractivity contribution in [1.29, 1.82) is 0 Å². The molecule has 1 aromatic heterocycles. The smallest absolute Gasteiger partial charge is 0.310 e. The number of aliphatic carboxylic acids is 1. The lowest BCUT2D eigenvalue weighted by molar-refractivity contribution is -0.152. The topological polar surface area (TPSA) is 79.7 Å². The number of hydrogen-bond acceptors (Lipinski definition) is 4. The van der Waals surface area contributed by atoms with Gasteiger partial charge in [-0.25, -0.2) is 9.37 Å². The lowest BCUT2D eigenvalue weighted by Gasteiger charge is -2.28. The number of aromatic nitrogens is 1. The number of anilines is 1. The molecule has 0 saturated heterocycles. The zero-order valence-electron chi connectivity index (χ0n) is 18.5. The van der Waals surface area contributed by atoms with E-state index in [4.69, 9.17) is 4.74 Å². The van der Waals surface area contributed by atoms with E-state index >= 15 is 0 Å². The predicted molar refractivity (Wildman–Crippen MR) is 121 cm³/mol. The third kappa shape index (κ3) is 5.04. The Morgan fingerprint density at radius 2 is 1.81 bits per heavy atom. The summed E-state index contributed by atoms with van der Waals surface area (Å²) in [5, 5.41) is 10.5. The first-order chi connectivity index (χ1) is 15.3. The minimum Gasteiger partial charge on any atom is -0.487 e. The second kappa shape index (κ2) is 9.77. The van der Waals surface area contributed by atoms with E-state index in [0.717, 1.165) is 5.39 Å². The molecule has 3 aromatic rings. The minimum atomic E-state index is -1.07. The largest absolute Gasteiger partial charge is 0.487 e. The number of rotatable bonds is 9. The summed E-state index contributed by atoms with van der Waals surface area (Å²) < 4.78 is 19.3. The Balaban J connectivity index is 1.71. The highest BCUT2D eigenvalue weighted by molar-refractivity contribution is 5.96. The molecule has 7 heteroatoms. The van der Waals surface area contributed by atoms with E-state index in [1.165, 1.54) is 17.0 Å². The Kier molecular flexibility index (Phi) is 7.08. The number of carboxylic acids is 1. The fraction of sp³-hybridized carbons (Fsp3) is 0.320. The van der Waals surface area contributed by atoms with Crippen LogP contribution < -0.4 is 9.64 Å². The van der Waals surface area contributed by atoms with Gasteiger partial charge in [-0.3, -0.25) is 9.59 Å². The van der Waals surface area contributed by atoms with Crippen LogP contribution in [-0.2, 0) is 16.2 Å². The molecule has 168 valence electrons. The normalized spacial score (nSPS) is 11.4. The van der Waals surface area contributed by atoms with Crippen molar-refractivity contribution in [3.63, 3.8) is 0 Å². The number of nitrogens with zero attached hydrogens (tertiary/aromatic N) is 2. The van der Waals surface area contributed by atoms with Gasteiger partial charge in [-0.2, -0.15) is 0 Å². The number of ether oxygens (including phenoxy) is 1. The molecule has 0 atom stereocenters. The van der Waals surface area contributed by atoms with Crippen LogP contribution in [0.2, 0.25) is 0 Å². The van der Waals surface area contributed by atoms with Crippen LogP contribution in [0.25, 0.3) is 10.9 Å². The van der Waals surface area contributed by atoms with E-state index in [-0.39, 0.29) is 24.8 Å². The zero-order chi connectivity index (χ0) is 23.3. The minimum absolute atomic E-state index is 0.0749. The average molecular weight is 438 g/mol. The van der Waals surface area contributed by atoms with Gasteiger partial charge in [0.25, 0.3) is 0 Å². The lowest BCUT2D eigenvalue weighted by atomic mass is 9.79. The monoisotopic (exact) mass is 438 g/mol. The first-order valence-corrected chi connectivity index (χ1v) is 10.6. The molecule has 0 bridgehead atoms. The molecule has 1 N–H and O–H groups in total. The van der Waals surface area contributed by atoms with Gasteiger partial charge in [0.1, 0.15) is 18.2 Å². The van der Waals surface area contributed by atoms with Crippen LogP contribution in [-0.4, -0.2) is 29.0 Å². The Morgan fingerprint density at radius 1 is 1.09 bits per heavy atom. The third-order valence-corrected chi connectivity index (χ3v) is 5.97. The molecule has 0 radical (unpaired) electrons. The second-order valence-corrected chi connectivity index (χ2v) is 7.85. The molecule has 0 saturated carbocycles. The first-order valence-electron chi connectivity index (χ1n) is 10.6. The molecular weight excluding hydrogens is 411 g/mol. The maximum absolute atomic E-state index is 13.5. The van der Waals surface area contributed by atoms with E-state index in [1.54, 1.807) is 51.2 Å². The number of fused-ring (bicyclic) bond motifs is 1. The summed E-state index contributed by atoms with van der Waals surface area (Å²) in [6.45, 7) is 3.75. The Morgan fingerprint density at radius 3 is 2.50 bits per heavy atom. The molecule has 0 unspecified atom stereocenters. The van der Waals surface area contributed by atoms with Crippen molar-refractivity contribution < 1.29 is 23.8 Å². The van der Waals surface area contributed by atoms with E-state index in [0.29, 0.717) is 35.5 Å². The quantitative estimate of drug-likeness (QED) is 0.497. The molecule has 0 aliphatic rings. The van der Waals surface area contributed by atoms with Gasteiger partial charge in [0.05, 0.1) is 16.6 Å². The summed E-state index contributed by atoms with van der Waals surface area (Å²) >= 11 is 0. The summed E-state index contributed by atoms with van der Waals surface area (Å²) in [5.74, 6) is -1.03. The highest BCUT2D eigenvalue weighted by atomic mass is 19.1. The van der Waals surface area contributed by atoms with Gasteiger partial charge >= 0.3 is 5.97 Å². The third-order valence-electron chi connectivity index (χ3n) is 5.97. The molecule has 0 aliphatic carbocycles. The van der Waals surface area contributed by atoms with Crippen LogP contribution in [0.15, 0.2) is 54.6 Å². The summed E-state index contributed by atoms with van der Waals surface area (Å²) in [7, 11) is 1.62. The maximum atomic E-state index is 13.5. The van der Waals surface area contributed by atoms with Crippen LogP contribution >= 0.6 is 0 Å². The van der Waals surface area contributed by atoms with Crippen molar-refractivity contribution in [3.05, 3.63) is 66.1 Å². The van der Waals surface area contributed by atoms with Crippen molar-refractivity contribution >= 4 is 28.5 Å². The molecule has 6 nitrogen and oxygen atoms in total. The van der Waals surface area contributed by atoms with Gasteiger partial charge in [-0.15, -0.1) is 0 Å². The van der Waals surface area contributed by atoms with Crippen LogP contribution in [0.4, 0.5) is 10.1 Å². The molecule has 1 amide bonds. The standard InChI is InChI=1S/C25H27FN2O4/c1-4-25(5-2,24(30)31)15-23(29)28(3)20-7-6-8-21(14-20)32-16-19-12-10-17-9-11-18(26)13-22(17)27-19/h6-14H,4-5,15-16H2,1-3H3,(H,30,31). The molecule has 1 heterocycles. The summed E-state index contributed by atoms with van der Waals surface area (Å²) in [5.41, 5.74) is 0.738. The molecule has 0 spiro atoms. The molecule has 2 aromatic carbocycles. The van der Waals surface area contributed by atoms with E-state index in [1.807, 2.05) is 12.1 Å². The fourth-order valence-electron chi connectivity index (χ4n) is 3.58. The number of benzene rings is 2. The SMILES string of the molecule is CCC(CC)(CC(=O)N(C)c1cccc(OCc2ccc3ccc(F)cc3n2)c1)C(=O)O. The van der Waals surface area contributed by atoms with E-state index in [9.17, 15) is 19.1 Å². The maximum Gasteiger partial charge on any atom is 0.310 e. The van der Waals surface area contributed by atoms with Crippen LogP contribution in [0.5, 0.6) is 5.75 Å². The number of carboxylic acid groups (broad SMARTS) is 1. The van der Waals surface area contributed by atoms with E-state index in [2.05, 4.69) is 4.98 Å². The summed E-state index contributed by atoms with van der Waals surface area (Å²) in [6.07, 6.45) is 0.683. The molecule has 0 fully saturated rings. The van der Waals surface area contributed by atoms with Crippen LogP contribution in [0, 0.1) is 11.2 Å². The Hall–Kier alpha value is -3.48. The van der Waals surface area contributed by atoms with Crippen molar-refractivity contribution in [1.82, 2.24) is 4.98 Å². The summed E-state index contributed by atoms with van der Waals surface area (Å²) in [6, 6.07) is 15.1. The first kappa shape index (κ1) is 23.2. The number of hydrogen-bond donors (Lipinski definition) is 1. The second-order valence-electron chi connectivity index (χ2n) is 7.85. The number of pyridine rings is 1. The van der Waals surface area contributed by atoms with Crippen LogP contribution in [0.3, 0.4) is 0 Å². The highest BCUT2D eigenvalue weighted by Gasteiger charge is 2.38. The van der Waals surface area contributed by atoms with E-state index < -0.39 is 11.4 Å². The Labute approximate surface area is 186 Å². The van der Waals surface area contributed by atoms with Gasteiger partial charge < -0.3 is 14.7 Å². The zero-order valence-corrected chi connectivity index (χ0v) is 18.5. The van der Waals surface area contributed by atoms with Gasteiger partial charge in [0, 0.05) is 36.7 Å².